The van der Waals surface area contributed by atoms with Crippen molar-refractivity contribution in [2.75, 3.05) is 13.7 Å². The molecule has 1 rings (SSSR count). The van der Waals surface area contributed by atoms with Crippen LogP contribution in [0.4, 0.5) is 0 Å². The number of rotatable bonds is 10. The van der Waals surface area contributed by atoms with E-state index in [4.69, 9.17) is 23.7 Å². The minimum atomic E-state index is -1.32. The van der Waals surface area contributed by atoms with E-state index in [1.807, 2.05) is 0 Å². The van der Waals surface area contributed by atoms with Gasteiger partial charge in [-0.3, -0.25) is 14.4 Å². The van der Waals surface area contributed by atoms with Crippen molar-refractivity contribution < 1.29 is 52.4 Å². The van der Waals surface area contributed by atoms with Gasteiger partial charge in [-0.25, -0.2) is 9.59 Å². The fourth-order valence-electron chi connectivity index (χ4n) is 2.78. The standard InChI is InChI=1S/C21H30O11/c1-6-14(22)28-11-13-20(31-16(24)8-3)19(30-15(23)7-2)12(4)29-21(13)32-18(26)10-9-17(25)27-5/h9-10,12-13,19-21H,6-8,11H2,1-5H3/b10-9+/t12-,13?,19+,20-,21-/m0/s1. The first-order chi connectivity index (χ1) is 15.2. The maximum atomic E-state index is 12.2. The summed E-state index contributed by atoms with van der Waals surface area (Å²) in [5.74, 6) is -4.39. The zero-order valence-corrected chi connectivity index (χ0v) is 18.9. The second-order valence-electron chi connectivity index (χ2n) is 6.82. The number of carbonyl (C=O) groups excluding carboxylic acids is 5. The van der Waals surface area contributed by atoms with Gasteiger partial charge in [0.2, 0.25) is 6.29 Å². The third kappa shape index (κ3) is 8.29. The van der Waals surface area contributed by atoms with E-state index in [0.29, 0.717) is 0 Å². The number of ether oxygens (including phenoxy) is 6. The summed E-state index contributed by atoms with van der Waals surface area (Å²) < 4.78 is 31.5. The van der Waals surface area contributed by atoms with Gasteiger partial charge < -0.3 is 28.4 Å². The molecule has 11 nitrogen and oxygen atoms in total. The molecular weight excluding hydrogens is 428 g/mol. The Hall–Kier alpha value is -2.95. The lowest BCUT2D eigenvalue weighted by Crippen LogP contribution is -2.58. The van der Waals surface area contributed by atoms with Gasteiger partial charge in [0.25, 0.3) is 0 Å². The average Bonchev–Trinajstić information content (AvgIpc) is 2.78. The predicted molar refractivity (Wildman–Crippen MR) is 107 cm³/mol. The van der Waals surface area contributed by atoms with Crippen molar-refractivity contribution in [1.29, 1.82) is 0 Å². The Kier molecular flexibility index (Phi) is 11.4. The molecule has 0 amide bonds. The number of hydrogen-bond donors (Lipinski definition) is 0. The van der Waals surface area contributed by atoms with Crippen LogP contribution < -0.4 is 0 Å². The van der Waals surface area contributed by atoms with Crippen molar-refractivity contribution in [1.82, 2.24) is 0 Å². The van der Waals surface area contributed by atoms with Crippen LogP contribution in [0.25, 0.3) is 0 Å². The summed E-state index contributed by atoms with van der Waals surface area (Å²) in [6.07, 6.45) is -2.40. The van der Waals surface area contributed by atoms with Crippen LogP contribution in [0, 0.1) is 5.92 Å². The molecule has 0 radical (unpaired) electrons. The maximum Gasteiger partial charge on any atom is 0.333 e. The zero-order chi connectivity index (χ0) is 24.3. The van der Waals surface area contributed by atoms with Crippen molar-refractivity contribution in [2.45, 2.75) is 71.6 Å². The highest BCUT2D eigenvalue weighted by molar-refractivity contribution is 5.91. The van der Waals surface area contributed by atoms with Crippen molar-refractivity contribution in [3.05, 3.63) is 12.2 Å². The summed E-state index contributed by atoms with van der Waals surface area (Å²) in [6, 6.07) is 0. The number of hydrogen-bond acceptors (Lipinski definition) is 11. The first-order valence-electron chi connectivity index (χ1n) is 10.3. The van der Waals surface area contributed by atoms with Crippen molar-refractivity contribution in [3.8, 4) is 0 Å². The summed E-state index contributed by atoms with van der Waals surface area (Å²) in [5.41, 5.74) is 0. The summed E-state index contributed by atoms with van der Waals surface area (Å²) in [7, 11) is 1.15. The quantitative estimate of drug-likeness (QED) is 0.265. The first-order valence-corrected chi connectivity index (χ1v) is 10.3. The lowest BCUT2D eigenvalue weighted by molar-refractivity contribution is -0.279. The van der Waals surface area contributed by atoms with E-state index in [2.05, 4.69) is 4.74 Å². The monoisotopic (exact) mass is 458 g/mol. The van der Waals surface area contributed by atoms with Gasteiger partial charge in [0, 0.05) is 31.4 Å². The molecule has 1 heterocycles. The molecule has 0 aromatic heterocycles. The highest BCUT2D eigenvalue weighted by Gasteiger charge is 2.50. The van der Waals surface area contributed by atoms with E-state index in [9.17, 15) is 24.0 Å². The molecule has 0 N–H and O–H groups in total. The molecule has 11 heteroatoms. The van der Waals surface area contributed by atoms with Crippen LogP contribution in [-0.4, -0.2) is 68.2 Å². The molecule has 0 aromatic rings. The van der Waals surface area contributed by atoms with E-state index in [0.717, 1.165) is 19.3 Å². The molecule has 32 heavy (non-hydrogen) atoms. The van der Waals surface area contributed by atoms with Crippen LogP contribution >= 0.6 is 0 Å². The van der Waals surface area contributed by atoms with Gasteiger partial charge in [0.15, 0.2) is 12.2 Å². The normalized spacial score (nSPS) is 25.0. The minimum Gasteiger partial charge on any atom is -0.466 e. The van der Waals surface area contributed by atoms with E-state index in [-0.39, 0.29) is 25.9 Å². The molecule has 0 saturated carbocycles. The fourth-order valence-corrected chi connectivity index (χ4v) is 2.78. The highest BCUT2D eigenvalue weighted by atomic mass is 16.7. The zero-order valence-electron chi connectivity index (χ0n) is 18.9. The van der Waals surface area contributed by atoms with Crippen LogP contribution in [0.3, 0.4) is 0 Å². The fraction of sp³-hybridized carbons (Fsp3) is 0.667. The van der Waals surface area contributed by atoms with Gasteiger partial charge in [-0.1, -0.05) is 20.8 Å². The Morgan fingerprint density at radius 1 is 0.781 bits per heavy atom. The first kappa shape index (κ1) is 27.1. The molecule has 1 saturated heterocycles. The van der Waals surface area contributed by atoms with Crippen LogP contribution in [0.15, 0.2) is 12.2 Å². The number of carbonyl (C=O) groups is 5. The topological polar surface area (TPSA) is 141 Å². The molecule has 1 unspecified atom stereocenters. The Labute approximate surface area is 186 Å². The van der Waals surface area contributed by atoms with E-state index in [1.165, 1.54) is 0 Å². The van der Waals surface area contributed by atoms with Crippen LogP contribution in [0.5, 0.6) is 0 Å². The van der Waals surface area contributed by atoms with Gasteiger partial charge in [-0.2, -0.15) is 0 Å². The highest BCUT2D eigenvalue weighted by Crippen LogP contribution is 2.32. The molecule has 0 spiro atoms. The largest absolute Gasteiger partial charge is 0.466 e. The van der Waals surface area contributed by atoms with Gasteiger partial charge in [-0.05, 0) is 6.92 Å². The van der Waals surface area contributed by atoms with Gasteiger partial charge >= 0.3 is 29.8 Å². The van der Waals surface area contributed by atoms with Crippen molar-refractivity contribution in [2.24, 2.45) is 5.92 Å². The molecule has 180 valence electrons. The smallest absolute Gasteiger partial charge is 0.333 e. The summed E-state index contributed by atoms with van der Waals surface area (Å²) in [5, 5.41) is 0. The Morgan fingerprint density at radius 2 is 1.31 bits per heavy atom. The Bertz CT molecular complexity index is 715. The number of esters is 5. The van der Waals surface area contributed by atoms with Crippen LogP contribution in [0.2, 0.25) is 0 Å². The minimum absolute atomic E-state index is 0.0357. The van der Waals surface area contributed by atoms with Gasteiger partial charge in [-0.15, -0.1) is 0 Å². The second kappa shape index (κ2) is 13.5. The molecule has 1 aliphatic rings. The summed E-state index contributed by atoms with van der Waals surface area (Å²) in [6.45, 7) is 6.00. The van der Waals surface area contributed by atoms with Crippen LogP contribution in [-0.2, 0) is 52.4 Å². The van der Waals surface area contributed by atoms with Crippen molar-refractivity contribution >= 4 is 29.8 Å². The number of methoxy groups -OCH3 is 1. The van der Waals surface area contributed by atoms with E-state index >= 15 is 0 Å². The van der Waals surface area contributed by atoms with Gasteiger partial charge in [0.1, 0.15) is 6.61 Å². The third-order valence-electron chi connectivity index (χ3n) is 4.53. The lowest BCUT2D eigenvalue weighted by Gasteiger charge is -2.43. The predicted octanol–water partition coefficient (Wildman–Crippen LogP) is 1.22. The van der Waals surface area contributed by atoms with Gasteiger partial charge in [0.05, 0.1) is 19.1 Å². The third-order valence-corrected chi connectivity index (χ3v) is 4.53. The molecule has 1 fully saturated rings. The molecule has 0 bridgehead atoms. The van der Waals surface area contributed by atoms with E-state index < -0.39 is 60.4 Å². The lowest BCUT2D eigenvalue weighted by atomic mass is 9.91. The molecule has 1 aliphatic heterocycles. The molecular formula is C21H30O11. The SMILES string of the molecule is CCC(=O)OCC1[C@H](OC(=O)/C=C/C(=O)OC)O[C@@H](C)[C@@H](OC(=O)CC)[C@H]1OC(=O)CC. The van der Waals surface area contributed by atoms with Crippen molar-refractivity contribution in [3.63, 3.8) is 0 Å². The second-order valence-corrected chi connectivity index (χ2v) is 6.82. The maximum absolute atomic E-state index is 12.2. The van der Waals surface area contributed by atoms with E-state index in [1.54, 1.807) is 27.7 Å². The Balaban J connectivity index is 3.22. The summed E-state index contributed by atoms with van der Waals surface area (Å²) in [4.78, 5) is 59.1. The molecule has 0 aromatic carbocycles. The van der Waals surface area contributed by atoms with Crippen LogP contribution in [0.1, 0.15) is 47.0 Å². The summed E-state index contributed by atoms with van der Waals surface area (Å²) >= 11 is 0. The average molecular weight is 458 g/mol. The molecule has 0 aliphatic carbocycles. The Morgan fingerprint density at radius 3 is 1.84 bits per heavy atom. The molecule has 5 atom stereocenters.